The zero-order valence-corrected chi connectivity index (χ0v) is 6.84. The van der Waals surface area contributed by atoms with Crippen LogP contribution in [0.15, 0.2) is 0 Å². The predicted octanol–water partition coefficient (Wildman–Crippen LogP) is -0.0826. The molecule has 1 atom stereocenters. The summed E-state index contributed by atoms with van der Waals surface area (Å²) in [6.45, 7) is 2.29. The number of carboxylic acids is 1. The first-order valence-corrected chi connectivity index (χ1v) is 3.69. The van der Waals surface area contributed by atoms with E-state index in [1.165, 1.54) is 0 Å². The standard InChI is InChI=1S/C7H16N2O2/c1-7(9,3-2-4-8)5-6(10)11/h2-5,8-9H2,1H3,(H,10,11). The van der Waals surface area contributed by atoms with Gasteiger partial charge in [0, 0.05) is 5.54 Å². The minimum absolute atomic E-state index is 0.00694. The number of hydrogen-bond acceptors (Lipinski definition) is 3. The normalized spacial score (nSPS) is 15.9. The fourth-order valence-electron chi connectivity index (χ4n) is 0.940. The summed E-state index contributed by atoms with van der Waals surface area (Å²) in [6, 6.07) is 0. The third-order valence-corrected chi connectivity index (χ3v) is 1.51. The largest absolute Gasteiger partial charge is 0.481 e. The molecule has 0 fully saturated rings. The highest BCUT2D eigenvalue weighted by Gasteiger charge is 2.20. The lowest BCUT2D eigenvalue weighted by Crippen LogP contribution is -2.38. The Morgan fingerprint density at radius 2 is 2.18 bits per heavy atom. The van der Waals surface area contributed by atoms with Gasteiger partial charge in [0.05, 0.1) is 6.42 Å². The van der Waals surface area contributed by atoms with E-state index in [0.29, 0.717) is 13.0 Å². The zero-order chi connectivity index (χ0) is 8.91. The summed E-state index contributed by atoms with van der Waals surface area (Å²) < 4.78 is 0. The van der Waals surface area contributed by atoms with E-state index in [2.05, 4.69) is 0 Å². The molecule has 0 aliphatic carbocycles. The molecule has 0 aliphatic rings. The van der Waals surface area contributed by atoms with Gasteiger partial charge in [-0.3, -0.25) is 4.79 Å². The predicted molar refractivity (Wildman–Crippen MR) is 43.1 cm³/mol. The van der Waals surface area contributed by atoms with Crippen LogP contribution in [0.4, 0.5) is 0 Å². The lowest BCUT2D eigenvalue weighted by molar-refractivity contribution is -0.138. The molecule has 1 unspecified atom stereocenters. The van der Waals surface area contributed by atoms with Crippen molar-refractivity contribution in [3.63, 3.8) is 0 Å². The molecule has 0 aromatic carbocycles. The minimum Gasteiger partial charge on any atom is -0.481 e. The highest BCUT2D eigenvalue weighted by molar-refractivity contribution is 5.68. The summed E-state index contributed by atoms with van der Waals surface area (Å²) in [5, 5.41) is 8.44. The van der Waals surface area contributed by atoms with Gasteiger partial charge in [0.1, 0.15) is 0 Å². The molecule has 0 heterocycles. The number of rotatable bonds is 5. The highest BCUT2D eigenvalue weighted by Crippen LogP contribution is 2.12. The molecule has 0 aromatic rings. The van der Waals surface area contributed by atoms with Gasteiger partial charge in [-0.25, -0.2) is 0 Å². The highest BCUT2D eigenvalue weighted by atomic mass is 16.4. The fraction of sp³-hybridized carbons (Fsp3) is 0.857. The summed E-state index contributed by atoms with van der Waals surface area (Å²) in [4.78, 5) is 10.3. The molecular weight excluding hydrogens is 144 g/mol. The molecule has 0 radical (unpaired) electrons. The zero-order valence-electron chi connectivity index (χ0n) is 6.84. The molecule has 0 amide bonds. The van der Waals surface area contributed by atoms with Crippen LogP contribution in [-0.2, 0) is 4.79 Å². The maximum atomic E-state index is 10.3. The van der Waals surface area contributed by atoms with E-state index in [4.69, 9.17) is 16.6 Å². The Kier molecular flexibility index (Phi) is 4.07. The lowest BCUT2D eigenvalue weighted by atomic mass is 9.93. The Morgan fingerprint density at radius 1 is 1.64 bits per heavy atom. The van der Waals surface area contributed by atoms with Gasteiger partial charge in [0.15, 0.2) is 0 Å². The topological polar surface area (TPSA) is 89.3 Å². The van der Waals surface area contributed by atoms with Crippen LogP contribution >= 0.6 is 0 Å². The van der Waals surface area contributed by atoms with Crippen molar-refractivity contribution in [2.75, 3.05) is 6.54 Å². The molecule has 11 heavy (non-hydrogen) atoms. The molecular formula is C7H16N2O2. The van der Waals surface area contributed by atoms with Crippen molar-refractivity contribution in [3.05, 3.63) is 0 Å². The Balaban J connectivity index is 3.70. The van der Waals surface area contributed by atoms with Gasteiger partial charge in [-0.15, -0.1) is 0 Å². The van der Waals surface area contributed by atoms with Gasteiger partial charge in [-0.2, -0.15) is 0 Å². The lowest BCUT2D eigenvalue weighted by Gasteiger charge is -2.21. The number of aliphatic carboxylic acids is 1. The van der Waals surface area contributed by atoms with Gasteiger partial charge in [0.2, 0.25) is 0 Å². The van der Waals surface area contributed by atoms with E-state index in [0.717, 1.165) is 6.42 Å². The van der Waals surface area contributed by atoms with Crippen LogP contribution in [0.5, 0.6) is 0 Å². The Labute approximate surface area is 66.6 Å². The quantitative estimate of drug-likeness (QED) is 0.524. The molecule has 0 saturated carbocycles. The molecule has 0 bridgehead atoms. The molecule has 0 saturated heterocycles. The third kappa shape index (κ3) is 5.82. The van der Waals surface area contributed by atoms with Gasteiger partial charge < -0.3 is 16.6 Å². The number of hydrogen-bond donors (Lipinski definition) is 3. The Hall–Kier alpha value is -0.610. The summed E-state index contributed by atoms with van der Waals surface area (Å²) >= 11 is 0. The van der Waals surface area contributed by atoms with Crippen LogP contribution in [-0.4, -0.2) is 23.2 Å². The summed E-state index contributed by atoms with van der Waals surface area (Å²) in [5.41, 5.74) is 10.3. The van der Waals surface area contributed by atoms with Crippen LogP contribution in [0.2, 0.25) is 0 Å². The maximum absolute atomic E-state index is 10.3. The third-order valence-electron chi connectivity index (χ3n) is 1.51. The second-order valence-electron chi connectivity index (χ2n) is 3.12. The first-order chi connectivity index (χ1) is 4.98. The van der Waals surface area contributed by atoms with Gasteiger partial charge in [-0.1, -0.05) is 0 Å². The SMILES string of the molecule is CC(N)(CCCN)CC(=O)O. The van der Waals surface area contributed by atoms with E-state index >= 15 is 0 Å². The first-order valence-electron chi connectivity index (χ1n) is 3.69. The van der Waals surface area contributed by atoms with Crippen LogP contribution in [0.1, 0.15) is 26.2 Å². The molecule has 4 nitrogen and oxygen atoms in total. The average Bonchev–Trinajstić information content (AvgIpc) is 1.81. The molecule has 4 heteroatoms. The Morgan fingerprint density at radius 3 is 2.55 bits per heavy atom. The summed E-state index contributed by atoms with van der Waals surface area (Å²) in [5.74, 6) is -0.855. The first kappa shape index (κ1) is 10.4. The molecule has 66 valence electrons. The van der Waals surface area contributed by atoms with E-state index < -0.39 is 11.5 Å². The van der Waals surface area contributed by atoms with E-state index in [1.807, 2.05) is 0 Å². The van der Waals surface area contributed by atoms with Crippen molar-refractivity contribution in [1.82, 2.24) is 0 Å². The maximum Gasteiger partial charge on any atom is 0.305 e. The fourth-order valence-corrected chi connectivity index (χ4v) is 0.940. The molecule has 0 aromatic heterocycles. The van der Waals surface area contributed by atoms with Gasteiger partial charge in [-0.05, 0) is 26.3 Å². The smallest absolute Gasteiger partial charge is 0.305 e. The van der Waals surface area contributed by atoms with Crippen molar-refractivity contribution in [2.24, 2.45) is 11.5 Å². The molecule has 5 N–H and O–H groups in total. The van der Waals surface area contributed by atoms with Crippen LogP contribution < -0.4 is 11.5 Å². The van der Waals surface area contributed by atoms with Gasteiger partial charge in [0.25, 0.3) is 0 Å². The van der Waals surface area contributed by atoms with Crippen molar-refractivity contribution in [1.29, 1.82) is 0 Å². The average molecular weight is 160 g/mol. The molecule has 0 rings (SSSR count). The monoisotopic (exact) mass is 160 g/mol. The van der Waals surface area contributed by atoms with E-state index in [-0.39, 0.29) is 6.42 Å². The molecule has 0 aliphatic heterocycles. The van der Waals surface area contributed by atoms with Crippen LogP contribution in [0.3, 0.4) is 0 Å². The minimum atomic E-state index is -0.855. The van der Waals surface area contributed by atoms with Gasteiger partial charge >= 0.3 is 5.97 Å². The second kappa shape index (κ2) is 4.31. The summed E-state index contributed by atoms with van der Waals surface area (Å²) in [6.07, 6.45) is 1.45. The number of nitrogens with two attached hydrogens (primary N) is 2. The van der Waals surface area contributed by atoms with Crippen LogP contribution in [0.25, 0.3) is 0 Å². The van der Waals surface area contributed by atoms with Crippen molar-refractivity contribution < 1.29 is 9.90 Å². The molecule has 0 spiro atoms. The van der Waals surface area contributed by atoms with Crippen molar-refractivity contribution in [2.45, 2.75) is 31.7 Å². The number of carboxylic acid groups (broad SMARTS) is 1. The van der Waals surface area contributed by atoms with Crippen LogP contribution in [0, 0.1) is 0 Å². The van der Waals surface area contributed by atoms with E-state index in [9.17, 15) is 4.79 Å². The van der Waals surface area contributed by atoms with Crippen molar-refractivity contribution in [3.8, 4) is 0 Å². The summed E-state index contributed by atoms with van der Waals surface area (Å²) in [7, 11) is 0. The number of carbonyl (C=O) groups is 1. The van der Waals surface area contributed by atoms with Crippen molar-refractivity contribution >= 4 is 5.97 Å². The second-order valence-corrected chi connectivity index (χ2v) is 3.12. The van der Waals surface area contributed by atoms with E-state index in [1.54, 1.807) is 6.92 Å². The Bertz CT molecular complexity index is 134.